The van der Waals surface area contributed by atoms with Crippen LogP contribution in [0.15, 0.2) is 30.3 Å². The molecule has 1 heterocycles. The van der Waals surface area contributed by atoms with E-state index in [1.54, 1.807) is 38.1 Å². The molecule has 0 aliphatic rings. The van der Waals surface area contributed by atoms with Gasteiger partial charge in [0.25, 0.3) is 5.91 Å². The summed E-state index contributed by atoms with van der Waals surface area (Å²) in [5, 5.41) is 5.06. The summed E-state index contributed by atoms with van der Waals surface area (Å²) in [5.74, 6) is -3.32. The third-order valence-electron chi connectivity index (χ3n) is 3.46. The van der Waals surface area contributed by atoms with Crippen molar-refractivity contribution in [2.45, 2.75) is 13.8 Å². The van der Waals surface area contributed by atoms with Crippen molar-refractivity contribution in [2.75, 3.05) is 24.4 Å². The highest BCUT2D eigenvalue weighted by atomic mass is 32.1. The van der Waals surface area contributed by atoms with Gasteiger partial charge in [0.2, 0.25) is 0 Å². The molecule has 0 bridgehead atoms. The molecule has 0 aliphatic carbocycles. The first-order valence-corrected chi connectivity index (χ1v) is 8.76. The zero-order chi connectivity index (χ0) is 20.0. The van der Waals surface area contributed by atoms with E-state index < -0.39 is 23.8 Å². The molecule has 8 nitrogen and oxygen atoms in total. The van der Waals surface area contributed by atoms with E-state index in [-0.39, 0.29) is 22.0 Å². The average Bonchev–Trinajstić information content (AvgIpc) is 2.98. The Morgan fingerprint density at radius 3 is 2.33 bits per heavy atom. The van der Waals surface area contributed by atoms with E-state index in [0.29, 0.717) is 11.3 Å². The molecule has 2 aromatic rings. The fraction of sp³-hybridized carbons (Fsp3) is 0.222. The number of anilines is 2. The predicted molar refractivity (Wildman–Crippen MR) is 100 cm³/mol. The maximum Gasteiger partial charge on any atom is 0.397 e. The fourth-order valence-corrected chi connectivity index (χ4v) is 3.31. The maximum absolute atomic E-state index is 12.6. The highest BCUT2D eigenvalue weighted by Gasteiger charge is 2.28. The minimum atomic E-state index is -1.09. The Hall–Kier alpha value is -3.20. The van der Waals surface area contributed by atoms with Crippen LogP contribution in [0.25, 0.3) is 0 Å². The van der Waals surface area contributed by atoms with Crippen molar-refractivity contribution in [1.82, 2.24) is 0 Å². The molecule has 0 fully saturated rings. The van der Waals surface area contributed by atoms with Gasteiger partial charge in [0.15, 0.2) is 0 Å². The Morgan fingerprint density at radius 2 is 1.74 bits per heavy atom. The van der Waals surface area contributed by atoms with E-state index >= 15 is 0 Å². The Bertz CT molecular complexity index is 875. The molecular weight excluding hydrogens is 372 g/mol. The van der Waals surface area contributed by atoms with Gasteiger partial charge >= 0.3 is 17.8 Å². The molecule has 0 radical (unpaired) electrons. The van der Waals surface area contributed by atoms with E-state index in [1.165, 1.54) is 7.11 Å². The average molecular weight is 390 g/mol. The Labute approximate surface area is 159 Å². The lowest BCUT2D eigenvalue weighted by Gasteiger charge is -2.05. The normalized spacial score (nSPS) is 10.0. The summed E-state index contributed by atoms with van der Waals surface area (Å²) >= 11 is 0.868. The molecule has 0 unspecified atom stereocenters. The van der Waals surface area contributed by atoms with Gasteiger partial charge in [-0.2, -0.15) is 0 Å². The number of carbonyl (C=O) groups excluding carboxylic acids is 4. The summed E-state index contributed by atoms with van der Waals surface area (Å²) in [4.78, 5) is 48.4. The highest BCUT2D eigenvalue weighted by molar-refractivity contribution is 7.19. The lowest BCUT2D eigenvalue weighted by molar-refractivity contribution is -0.152. The first kappa shape index (κ1) is 20.1. The molecule has 0 saturated carbocycles. The van der Waals surface area contributed by atoms with Crippen LogP contribution in [0, 0.1) is 6.92 Å². The van der Waals surface area contributed by atoms with Crippen LogP contribution in [0.2, 0.25) is 0 Å². The number of benzene rings is 1. The van der Waals surface area contributed by atoms with Crippen molar-refractivity contribution in [3.8, 4) is 0 Å². The summed E-state index contributed by atoms with van der Waals surface area (Å²) in [6, 6.07) is 8.77. The molecule has 2 rings (SSSR count). The second kappa shape index (κ2) is 8.95. The zero-order valence-electron chi connectivity index (χ0n) is 15.0. The number of amides is 2. The van der Waals surface area contributed by atoms with Crippen molar-refractivity contribution in [2.24, 2.45) is 0 Å². The molecule has 0 spiro atoms. The van der Waals surface area contributed by atoms with Gasteiger partial charge in [-0.1, -0.05) is 18.2 Å². The first-order valence-electron chi connectivity index (χ1n) is 7.95. The topological polar surface area (TPSA) is 111 Å². The van der Waals surface area contributed by atoms with Gasteiger partial charge in [-0.3, -0.25) is 9.59 Å². The number of nitrogens with one attached hydrogen (secondary N) is 2. The van der Waals surface area contributed by atoms with Crippen LogP contribution >= 0.6 is 11.3 Å². The standard InChI is InChI=1S/C18H18N2O6S/c1-4-26-18(24)15(22)20-16-12(17(23)25-3)10(2)13(27-16)14(21)19-11-8-6-5-7-9-11/h5-9H,4H2,1-3H3,(H,19,21)(H,20,22). The number of thiophene rings is 1. The van der Waals surface area contributed by atoms with Crippen molar-refractivity contribution < 1.29 is 28.7 Å². The summed E-state index contributed by atoms with van der Waals surface area (Å²) < 4.78 is 9.35. The van der Waals surface area contributed by atoms with Crippen LogP contribution in [-0.2, 0) is 19.1 Å². The first-order chi connectivity index (χ1) is 12.9. The van der Waals surface area contributed by atoms with Crippen LogP contribution in [0.3, 0.4) is 0 Å². The van der Waals surface area contributed by atoms with E-state index in [2.05, 4.69) is 15.4 Å². The minimum Gasteiger partial charge on any atom is -0.465 e. The molecule has 27 heavy (non-hydrogen) atoms. The van der Waals surface area contributed by atoms with Gasteiger partial charge in [-0.15, -0.1) is 11.3 Å². The quantitative estimate of drug-likeness (QED) is 0.600. The lowest BCUT2D eigenvalue weighted by Crippen LogP contribution is -2.25. The van der Waals surface area contributed by atoms with E-state index in [1.807, 2.05) is 6.07 Å². The molecule has 0 saturated heterocycles. The number of hydrogen-bond acceptors (Lipinski definition) is 7. The largest absolute Gasteiger partial charge is 0.465 e. The molecule has 1 aromatic heterocycles. The van der Waals surface area contributed by atoms with Crippen LogP contribution in [0.4, 0.5) is 10.7 Å². The third kappa shape index (κ3) is 4.70. The number of rotatable bonds is 5. The van der Waals surface area contributed by atoms with Gasteiger partial charge in [-0.25, -0.2) is 9.59 Å². The smallest absolute Gasteiger partial charge is 0.397 e. The molecule has 0 atom stereocenters. The van der Waals surface area contributed by atoms with Gasteiger partial charge in [0, 0.05) is 5.69 Å². The van der Waals surface area contributed by atoms with Gasteiger partial charge in [0.1, 0.15) is 5.00 Å². The van der Waals surface area contributed by atoms with Crippen LogP contribution in [0.5, 0.6) is 0 Å². The van der Waals surface area contributed by atoms with Crippen molar-refractivity contribution >= 4 is 45.8 Å². The molecule has 9 heteroatoms. The van der Waals surface area contributed by atoms with Gasteiger partial charge < -0.3 is 20.1 Å². The van der Waals surface area contributed by atoms with Crippen LogP contribution < -0.4 is 10.6 Å². The summed E-state index contributed by atoms with van der Waals surface area (Å²) in [7, 11) is 1.18. The minimum absolute atomic E-state index is 0.0124. The van der Waals surface area contributed by atoms with E-state index in [4.69, 9.17) is 4.74 Å². The van der Waals surface area contributed by atoms with Gasteiger partial charge in [-0.05, 0) is 31.5 Å². The molecule has 142 valence electrons. The molecule has 2 N–H and O–H groups in total. The van der Waals surface area contributed by atoms with Crippen molar-refractivity contribution in [3.63, 3.8) is 0 Å². The van der Waals surface area contributed by atoms with Crippen LogP contribution in [-0.4, -0.2) is 37.5 Å². The molecular formula is C18H18N2O6S. The monoisotopic (exact) mass is 390 g/mol. The summed E-state index contributed by atoms with van der Waals surface area (Å²) in [6.07, 6.45) is 0. The van der Waals surface area contributed by atoms with Crippen molar-refractivity contribution in [3.05, 3.63) is 46.3 Å². The molecule has 2 amide bonds. The predicted octanol–water partition coefficient (Wildman–Crippen LogP) is 2.60. The second-order valence-electron chi connectivity index (χ2n) is 5.25. The Morgan fingerprint density at radius 1 is 1.07 bits per heavy atom. The highest BCUT2D eigenvalue weighted by Crippen LogP contribution is 2.34. The second-order valence-corrected chi connectivity index (χ2v) is 6.27. The number of hydrogen-bond donors (Lipinski definition) is 2. The Kier molecular flexibility index (Phi) is 6.67. The third-order valence-corrected chi connectivity index (χ3v) is 4.67. The molecule has 0 aliphatic heterocycles. The number of para-hydroxylation sites is 1. The van der Waals surface area contributed by atoms with Crippen molar-refractivity contribution in [1.29, 1.82) is 0 Å². The summed E-state index contributed by atoms with van der Waals surface area (Å²) in [5.41, 5.74) is 0.921. The van der Waals surface area contributed by atoms with Crippen LogP contribution in [0.1, 0.15) is 32.5 Å². The van der Waals surface area contributed by atoms with E-state index in [0.717, 1.165) is 11.3 Å². The SMILES string of the molecule is CCOC(=O)C(=O)Nc1sc(C(=O)Nc2ccccc2)c(C)c1C(=O)OC. The maximum atomic E-state index is 12.6. The number of methoxy groups -OCH3 is 1. The van der Waals surface area contributed by atoms with E-state index in [9.17, 15) is 19.2 Å². The lowest BCUT2D eigenvalue weighted by atomic mass is 10.1. The summed E-state index contributed by atoms with van der Waals surface area (Å²) in [6.45, 7) is 3.15. The Balaban J connectivity index is 2.35. The fourth-order valence-electron chi connectivity index (χ4n) is 2.23. The number of ether oxygens (including phenoxy) is 2. The van der Waals surface area contributed by atoms with Gasteiger partial charge in [0.05, 0.1) is 24.2 Å². The zero-order valence-corrected chi connectivity index (χ0v) is 15.8. The molecule has 1 aromatic carbocycles. The number of carbonyl (C=O) groups is 4. The number of esters is 2.